The standard InChI is InChI=1S/C13H26N2O/c1-8(2)12(14)13(16)15-11-7-5-6-9(3)10(11)4/h8-12H,5-7,14H2,1-4H3,(H,15,16)/t9?,10?,11?,12-/m1/s1. The SMILES string of the molecule is CC1CCCC(NC(=O)[C@H](N)C(C)C)C1C. The van der Waals surface area contributed by atoms with Gasteiger partial charge >= 0.3 is 0 Å². The third-order valence-electron chi connectivity index (χ3n) is 4.06. The lowest BCUT2D eigenvalue weighted by molar-refractivity contribution is -0.124. The largest absolute Gasteiger partial charge is 0.352 e. The lowest BCUT2D eigenvalue weighted by Crippen LogP contribution is -2.51. The van der Waals surface area contributed by atoms with Crippen molar-refractivity contribution < 1.29 is 4.79 Å². The van der Waals surface area contributed by atoms with Gasteiger partial charge in [-0.1, -0.05) is 40.5 Å². The number of rotatable bonds is 3. The van der Waals surface area contributed by atoms with Gasteiger partial charge in [0.05, 0.1) is 6.04 Å². The molecule has 1 aliphatic carbocycles. The van der Waals surface area contributed by atoms with Crippen LogP contribution >= 0.6 is 0 Å². The summed E-state index contributed by atoms with van der Waals surface area (Å²) < 4.78 is 0. The second-order valence-electron chi connectivity index (χ2n) is 5.65. The number of hydrogen-bond acceptors (Lipinski definition) is 2. The molecule has 4 atom stereocenters. The molecular weight excluding hydrogens is 200 g/mol. The van der Waals surface area contributed by atoms with E-state index in [4.69, 9.17) is 5.73 Å². The molecule has 0 aromatic heterocycles. The molecule has 0 aromatic carbocycles. The van der Waals surface area contributed by atoms with Crippen LogP contribution in [0.15, 0.2) is 0 Å². The molecule has 0 heterocycles. The van der Waals surface area contributed by atoms with Crippen LogP contribution in [0.2, 0.25) is 0 Å². The van der Waals surface area contributed by atoms with Gasteiger partial charge in [-0.2, -0.15) is 0 Å². The van der Waals surface area contributed by atoms with E-state index in [-0.39, 0.29) is 17.9 Å². The second kappa shape index (κ2) is 5.67. The number of carbonyl (C=O) groups is 1. The zero-order valence-corrected chi connectivity index (χ0v) is 11.0. The Hall–Kier alpha value is -0.570. The molecule has 1 aliphatic rings. The molecule has 0 aliphatic heterocycles. The third kappa shape index (κ3) is 3.21. The Kier molecular flexibility index (Phi) is 4.78. The average Bonchev–Trinajstić information content (AvgIpc) is 2.23. The molecule has 1 saturated carbocycles. The Morgan fingerprint density at radius 1 is 1.31 bits per heavy atom. The highest BCUT2D eigenvalue weighted by Crippen LogP contribution is 2.29. The second-order valence-corrected chi connectivity index (χ2v) is 5.65. The van der Waals surface area contributed by atoms with Crippen molar-refractivity contribution in [1.82, 2.24) is 5.32 Å². The van der Waals surface area contributed by atoms with Gasteiger partial charge in [-0.05, 0) is 24.2 Å². The van der Waals surface area contributed by atoms with E-state index in [1.54, 1.807) is 0 Å². The van der Waals surface area contributed by atoms with Gasteiger partial charge in [-0.15, -0.1) is 0 Å². The first kappa shape index (κ1) is 13.5. The van der Waals surface area contributed by atoms with Crippen LogP contribution in [0.1, 0.15) is 47.0 Å². The fourth-order valence-electron chi connectivity index (χ4n) is 2.37. The van der Waals surface area contributed by atoms with Gasteiger partial charge in [-0.3, -0.25) is 4.79 Å². The van der Waals surface area contributed by atoms with Gasteiger partial charge in [0.2, 0.25) is 5.91 Å². The number of nitrogens with two attached hydrogens (primary N) is 1. The first-order valence-electron chi connectivity index (χ1n) is 6.49. The summed E-state index contributed by atoms with van der Waals surface area (Å²) >= 11 is 0. The number of nitrogens with one attached hydrogen (secondary N) is 1. The van der Waals surface area contributed by atoms with Crippen molar-refractivity contribution in [3.8, 4) is 0 Å². The highest BCUT2D eigenvalue weighted by atomic mass is 16.2. The predicted octanol–water partition coefficient (Wildman–Crippen LogP) is 1.91. The van der Waals surface area contributed by atoms with Gasteiger partial charge < -0.3 is 11.1 Å². The minimum Gasteiger partial charge on any atom is -0.352 e. The summed E-state index contributed by atoms with van der Waals surface area (Å²) in [5.74, 6) is 1.49. The molecule has 1 fully saturated rings. The van der Waals surface area contributed by atoms with E-state index in [0.29, 0.717) is 17.9 Å². The van der Waals surface area contributed by atoms with E-state index >= 15 is 0 Å². The molecule has 1 amide bonds. The molecule has 1 rings (SSSR count). The lowest BCUT2D eigenvalue weighted by atomic mass is 9.78. The van der Waals surface area contributed by atoms with Crippen LogP contribution in [0.3, 0.4) is 0 Å². The molecule has 3 heteroatoms. The quantitative estimate of drug-likeness (QED) is 0.772. The maximum absolute atomic E-state index is 11.9. The van der Waals surface area contributed by atoms with Gasteiger partial charge in [0, 0.05) is 6.04 Å². The first-order chi connectivity index (χ1) is 7.43. The van der Waals surface area contributed by atoms with Crippen LogP contribution in [0.4, 0.5) is 0 Å². The molecular formula is C13H26N2O. The van der Waals surface area contributed by atoms with Crippen LogP contribution in [0.5, 0.6) is 0 Å². The Bertz CT molecular complexity index is 240. The van der Waals surface area contributed by atoms with E-state index in [1.165, 1.54) is 12.8 Å². The smallest absolute Gasteiger partial charge is 0.237 e. The molecule has 0 radical (unpaired) electrons. The summed E-state index contributed by atoms with van der Waals surface area (Å²) in [6, 6.07) is -0.0505. The van der Waals surface area contributed by atoms with Crippen LogP contribution in [-0.2, 0) is 4.79 Å². The molecule has 94 valence electrons. The van der Waals surface area contributed by atoms with Crippen molar-refractivity contribution in [1.29, 1.82) is 0 Å². The summed E-state index contributed by atoms with van der Waals surface area (Å²) in [6.07, 6.45) is 3.60. The van der Waals surface area contributed by atoms with Gasteiger partial charge in [0.25, 0.3) is 0 Å². The van der Waals surface area contributed by atoms with E-state index in [0.717, 1.165) is 6.42 Å². The van der Waals surface area contributed by atoms with Crippen molar-refractivity contribution in [2.24, 2.45) is 23.5 Å². The number of amides is 1. The predicted molar refractivity (Wildman–Crippen MR) is 66.9 cm³/mol. The third-order valence-corrected chi connectivity index (χ3v) is 4.06. The maximum Gasteiger partial charge on any atom is 0.237 e. The summed E-state index contributed by atoms with van der Waals surface area (Å²) in [6.45, 7) is 8.47. The summed E-state index contributed by atoms with van der Waals surface area (Å²) in [5, 5.41) is 3.12. The molecule has 3 unspecified atom stereocenters. The van der Waals surface area contributed by atoms with Crippen LogP contribution in [0, 0.1) is 17.8 Å². The number of carbonyl (C=O) groups excluding carboxylic acids is 1. The van der Waals surface area contributed by atoms with Crippen molar-refractivity contribution in [3.63, 3.8) is 0 Å². The van der Waals surface area contributed by atoms with Crippen molar-refractivity contribution in [2.45, 2.75) is 59.0 Å². The minimum atomic E-state index is -0.371. The summed E-state index contributed by atoms with van der Waals surface area (Å²) in [7, 11) is 0. The fourth-order valence-corrected chi connectivity index (χ4v) is 2.37. The Labute approximate surface area is 99.2 Å². The summed E-state index contributed by atoms with van der Waals surface area (Å²) in [5.41, 5.74) is 5.85. The Balaban J connectivity index is 2.50. The van der Waals surface area contributed by atoms with E-state index < -0.39 is 0 Å². The Morgan fingerprint density at radius 2 is 1.94 bits per heavy atom. The zero-order chi connectivity index (χ0) is 12.3. The monoisotopic (exact) mass is 226 g/mol. The maximum atomic E-state index is 11.9. The lowest BCUT2D eigenvalue weighted by Gasteiger charge is -2.35. The summed E-state index contributed by atoms with van der Waals surface area (Å²) in [4.78, 5) is 11.9. The molecule has 0 aromatic rings. The zero-order valence-electron chi connectivity index (χ0n) is 11.0. The molecule has 0 saturated heterocycles. The van der Waals surface area contributed by atoms with Crippen molar-refractivity contribution in [3.05, 3.63) is 0 Å². The molecule has 0 spiro atoms. The Morgan fingerprint density at radius 3 is 2.50 bits per heavy atom. The van der Waals surface area contributed by atoms with Gasteiger partial charge in [0.1, 0.15) is 0 Å². The average molecular weight is 226 g/mol. The highest BCUT2D eigenvalue weighted by Gasteiger charge is 2.29. The normalized spacial score (nSPS) is 32.5. The van der Waals surface area contributed by atoms with E-state index in [2.05, 4.69) is 19.2 Å². The van der Waals surface area contributed by atoms with Crippen molar-refractivity contribution >= 4 is 5.91 Å². The van der Waals surface area contributed by atoms with E-state index in [9.17, 15) is 4.79 Å². The topological polar surface area (TPSA) is 55.1 Å². The van der Waals surface area contributed by atoms with Crippen LogP contribution in [-0.4, -0.2) is 18.0 Å². The van der Waals surface area contributed by atoms with Gasteiger partial charge in [-0.25, -0.2) is 0 Å². The highest BCUT2D eigenvalue weighted by molar-refractivity contribution is 5.82. The van der Waals surface area contributed by atoms with Crippen molar-refractivity contribution in [2.75, 3.05) is 0 Å². The molecule has 16 heavy (non-hydrogen) atoms. The van der Waals surface area contributed by atoms with Gasteiger partial charge in [0.15, 0.2) is 0 Å². The molecule has 0 bridgehead atoms. The number of hydrogen-bond donors (Lipinski definition) is 2. The van der Waals surface area contributed by atoms with Crippen LogP contribution < -0.4 is 11.1 Å². The van der Waals surface area contributed by atoms with Crippen LogP contribution in [0.25, 0.3) is 0 Å². The van der Waals surface area contributed by atoms with E-state index in [1.807, 2.05) is 13.8 Å². The first-order valence-corrected chi connectivity index (χ1v) is 6.49. The minimum absolute atomic E-state index is 0.0148. The molecule has 3 N–H and O–H groups in total. The fraction of sp³-hybridized carbons (Fsp3) is 0.923. The molecule has 3 nitrogen and oxygen atoms in total.